The highest BCUT2D eigenvalue weighted by Gasteiger charge is 2.35. The molecule has 0 bridgehead atoms. The number of aliphatic hydroxyl groups is 2. The average Bonchev–Trinajstić information content (AvgIpc) is 2.59. The van der Waals surface area contributed by atoms with Crippen LogP contribution in [0.15, 0.2) is 12.2 Å². The van der Waals surface area contributed by atoms with Crippen LogP contribution in [0.5, 0.6) is 0 Å². The van der Waals surface area contributed by atoms with Gasteiger partial charge in [-0.1, -0.05) is 46.8 Å². The number of ketones is 1. The second-order valence-corrected chi connectivity index (χ2v) is 7.71. The van der Waals surface area contributed by atoms with E-state index in [1.807, 2.05) is 33.8 Å². The zero-order valence-electron chi connectivity index (χ0n) is 16.3. The van der Waals surface area contributed by atoms with Gasteiger partial charge < -0.3 is 14.9 Å². The predicted molar refractivity (Wildman–Crippen MR) is 96.8 cm³/mol. The Bertz CT molecular complexity index is 486. The van der Waals surface area contributed by atoms with Gasteiger partial charge in [-0.05, 0) is 31.6 Å². The summed E-state index contributed by atoms with van der Waals surface area (Å²) in [4.78, 5) is 24.9. The number of aliphatic hydroxyl groups excluding tert-OH is 2. The van der Waals surface area contributed by atoms with Crippen LogP contribution in [0.2, 0.25) is 0 Å². The van der Waals surface area contributed by atoms with Gasteiger partial charge in [0, 0.05) is 11.8 Å². The van der Waals surface area contributed by atoms with Crippen molar-refractivity contribution in [1.29, 1.82) is 0 Å². The highest BCUT2D eigenvalue weighted by atomic mass is 16.5. The van der Waals surface area contributed by atoms with E-state index in [0.29, 0.717) is 12.8 Å². The lowest BCUT2D eigenvalue weighted by atomic mass is 9.81. The van der Waals surface area contributed by atoms with E-state index in [9.17, 15) is 19.8 Å². The van der Waals surface area contributed by atoms with Gasteiger partial charge in [0.25, 0.3) is 0 Å². The van der Waals surface area contributed by atoms with Crippen LogP contribution in [-0.4, -0.2) is 40.3 Å². The number of hydrogen-bond donors (Lipinski definition) is 2. The SMILES string of the molecule is CCC1OC(=O)[C@H](C)C(=O)[C@H](C)[C@@H](O)C(C)C[C@@H](C)[C@H](O)/C=C/[C@H]1C. The number of rotatable bonds is 1. The number of cyclic esters (lactones) is 1. The van der Waals surface area contributed by atoms with Crippen LogP contribution in [0, 0.1) is 29.6 Å². The first-order chi connectivity index (χ1) is 11.6. The van der Waals surface area contributed by atoms with Crippen LogP contribution >= 0.6 is 0 Å². The van der Waals surface area contributed by atoms with Crippen molar-refractivity contribution in [2.75, 3.05) is 0 Å². The fourth-order valence-corrected chi connectivity index (χ4v) is 3.45. The molecule has 0 spiro atoms. The fourth-order valence-electron chi connectivity index (χ4n) is 3.45. The van der Waals surface area contributed by atoms with E-state index in [-0.39, 0.29) is 29.6 Å². The van der Waals surface area contributed by atoms with Crippen molar-refractivity contribution in [3.05, 3.63) is 12.2 Å². The number of Topliss-reactive ketones (excluding diaryl/α,β-unsaturated/α-hetero) is 1. The minimum Gasteiger partial charge on any atom is -0.461 e. The largest absolute Gasteiger partial charge is 0.461 e. The summed E-state index contributed by atoms with van der Waals surface area (Å²) in [5, 5.41) is 20.8. The molecule has 0 aromatic rings. The molecule has 0 radical (unpaired) electrons. The van der Waals surface area contributed by atoms with Gasteiger partial charge in [-0.2, -0.15) is 0 Å². The highest BCUT2D eigenvalue weighted by molar-refractivity contribution is 5.99. The summed E-state index contributed by atoms with van der Waals surface area (Å²) in [6.07, 6.45) is 2.99. The Morgan fingerprint density at radius 1 is 1.04 bits per heavy atom. The van der Waals surface area contributed by atoms with Crippen molar-refractivity contribution in [3.63, 3.8) is 0 Å². The van der Waals surface area contributed by atoms with Crippen LogP contribution in [0.1, 0.15) is 54.4 Å². The number of ether oxygens (including phenoxy) is 1. The summed E-state index contributed by atoms with van der Waals surface area (Å²) >= 11 is 0. The third kappa shape index (κ3) is 5.65. The van der Waals surface area contributed by atoms with Crippen molar-refractivity contribution in [3.8, 4) is 0 Å². The van der Waals surface area contributed by atoms with Crippen molar-refractivity contribution < 1.29 is 24.5 Å². The summed E-state index contributed by atoms with van der Waals surface area (Å²) < 4.78 is 5.54. The van der Waals surface area contributed by atoms with Crippen LogP contribution in [0.3, 0.4) is 0 Å². The van der Waals surface area contributed by atoms with Gasteiger partial charge in [-0.15, -0.1) is 0 Å². The van der Waals surface area contributed by atoms with E-state index in [1.165, 1.54) is 0 Å². The second-order valence-electron chi connectivity index (χ2n) is 7.71. The Hall–Kier alpha value is -1.20. The first-order valence-electron chi connectivity index (χ1n) is 9.38. The Balaban J connectivity index is 3.14. The smallest absolute Gasteiger partial charge is 0.316 e. The van der Waals surface area contributed by atoms with E-state index in [1.54, 1.807) is 19.9 Å². The maximum atomic E-state index is 12.6. The maximum absolute atomic E-state index is 12.6. The molecular formula is C20H34O5. The first kappa shape index (κ1) is 21.8. The van der Waals surface area contributed by atoms with Crippen molar-refractivity contribution in [2.45, 2.75) is 72.7 Å². The molecule has 0 amide bonds. The summed E-state index contributed by atoms with van der Waals surface area (Å²) in [6.45, 7) is 10.9. The van der Waals surface area contributed by atoms with E-state index >= 15 is 0 Å². The lowest BCUT2D eigenvalue weighted by Crippen LogP contribution is -2.39. The van der Waals surface area contributed by atoms with Gasteiger partial charge in [-0.25, -0.2) is 0 Å². The summed E-state index contributed by atoms with van der Waals surface area (Å²) in [7, 11) is 0. The van der Waals surface area contributed by atoms with E-state index < -0.39 is 30.0 Å². The third-order valence-electron chi connectivity index (χ3n) is 5.52. The monoisotopic (exact) mass is 354 g/mol. The lowest BCUT2D eigenvalue weighted by molar-refractivity contribution is -0.159. The van der Waals surface area contributed by atoms with Crippen LogP contribution in [-0.2, 0) is 14.3 Å². The van der Waals surface area contributed by atoms with Crippen molar-refractivity contribution in [1.82, 2.24) is 0 Å². The fraction of sp³-hybridized carbons (Fsp3) is 0.800. The van der Waals surface area contributed by atoms with Crippen LogP contribution < -0.4 is 0 Å². The van der Waals surface area contributed by atoms with Gasteiger partial charge in [-0.3, -0.25) is 9.59 Å². The summed E-state index contributed by atoms with van der Waals surface area (Å²) in [5.74, 6) is -2.66. The Kier molecular flexibility index (Phi) is 8.29. The number of hydrogen-bond acceptors (Lipinski definition) is 5. The number of esters is 1. The molecule has 1 rings (SSSR count). The minimum absolute atomic E-state index is 0.0432. The predicted octanol–water partition coefficient (Wildman–Crippen LogP) is 2.74. The molecule has 0 aromatic heterocycles. The molecule has 0 saturated carbocycles. The minimum atomic E-state index is -0.895. The topological polar surface area (TPSA) is 83.8 Å². The zero-order valence-corrected chi connectivity index (χ0v) is 16.3. The molecule has 1 aliphatic rings. The zero-order chi connectivity index (χ0) is 19.3. The molecule has 0 saturated heterocycles. The van der Waals surface area contributed by atoms with Gasteiger partial charge >= 0.3 is 5.97 Å². The highest BCUT2D eigenvalue weighted by Crippen LogP contribution is 2.26. The molecule has 5 nitrogen and oxygen atoms in total. The number of carbonyl (C=O) groups excluding carboxylic acids is 2. The quantitative estimate of drug-likeness (QED) is 0.430. The summed E-state index contributed by atoms with van der Waals surface area (Å²) in [6, 6.07) is 0. The molecule has 0 aliphatic carbocycles. The third-order valence-corrected chi connectivity index (χ3v) is 5.52. The van der Waals surface area contributed by atoms with Gasteiger partial charge in [0.15, 0.2) is 5.78 Å². The molecular weight excluding hydrogens is 320 g/mol. The Labute approximate surface area is 151 Å². The number of carbonyl (C=O) groups is 2. The maximum Gasteiger partial charge on any atom is 0.316 e. The molecule has 8 atom stereocenters. The van der Waals surface area contributed by atoms with Gasteiger partial charge in [0.05, 0.1) is 12.2 Å². The van der Waals surface area contributed by atoms with Gasteiger partial charge in [0.1, 0.15) is 12.0 Å². The molecule has 5 heteroatoms. The molecule has 25 heavy (non-hydrogen) atoms. The second kappa shape index (κ2) is 9.48. The first-order valence-corrected chi connectivity index (χ1v) is 9.38. The van der Waals surface area contributed by atoms with E-state index in [0.717, 1.165) is 0 Å². The van der Waals surface area contributed by atoms with E-state index in [4.69, 9.17) is 4.74 Å². The van der Waals surface area contributed by atoms with E-state index in [2.05, 4.69) is 0 Å². The van der Waals surface area contributed by atoms with Crippen LogP contribution in [0.4, 0.5) is 0 Å². The Morgan fingerprint density at radius 3 is 2.20 bits per heavy atom. The Morgan fingerprint density at radius 2 is 1.64 bits per heavy atom. The normalized spacial score (nSPS) is 43.2. The van der Waals surface area contributed by atoms with Gasteiger partial charge in [0.2, 0.25) is 0 Å². The molecule has 2 N–H and O–H groups in total. The lowest BCUT2D eigenvalue weighted by Gasteiger charge is -2.30. The molecule has 0 aromatic carbocycles. The summed E-state index contributed by atoms with van der Waals surface area (Å²) in [5.41, 5.74) is 0. The molecule has 1 heterocycles. The van der Waals surface area contributed by atoms with Crippen molar-refractivity contribution in [2.24, 2.45) is 29.6 Å². The molecule has 0 fully saturated rings. The standard InChI is InChI=1S/C20H34O5/c1-7-17-11(2)8-9-16(21)12(3)10-13(4)18(22)14(5)19(23)15(6)20(24)25-17/h8-9,11-18,21-22H,7,10H2,1-6H3/b9-8+/t11-,12-,13?,14-,15-,16-,17?,18+/m1/s1. The van der Waals surface area contributed by atoms with Crippen LogP contribution in [0.25, 0.3) is 0 Å². The molecule has 1 aliphatic heterocycles. The van der Waals surface area contributed by atoms with Crippen molar-refractivity contribution >= 4 is 11.8 Å². The molecule has 144 valence electrons. The molecule has 2 unspecified atom stereocenters. The average molecular weight is 354 g/mol.